The van der Waals surface area contributed by atoms with E-state index >= 15 is 0 Å². The summed E-state index contributed by atoms with van der Waals surface area (Å²) in [5.74, 6) is -1.38. The van der Waals surface area contributed by atoms with Crippen LogP contribution in [0.15, 0.2) is 34.0 Å². The minimum Gasteiger partial charge on any atom is -0.476 e. The molecular formula is C12H11ClN2O4S2. The minimum absolute atomic E-state index is 0.316. The van der Waals surface area contributed by atoms with Crippen molar-refractivity contribution in [1.29, 1.82) is 0 Å². The molecule has 0 spiro atoms. The maximum absolute atomic E-state index is 12.3. The number of nitrogens with zero attached hydrogens (tertiary/aromatic N) is 1. The first kappa shape index (κ1) is 15.9. The molecule has 6 nitrogen and oxygen atoms in total. The molecular weight excluding hydrogens is 336 g/mol. The first-order chi connectivity index (χ1) is 9.81. The predicted molar refractivity (Wildman–Crippen MR) is 79.3 cm³/mol. The third-order valence-electron chi connectivity index (χ3n) is 2.66. The Balaban J connectivity index is 2.29. The second kappa shape index (κ2) is 6.10. The summed E-state index contributed by atoms with van der Waals surface area (Å²) in [5, 5.41) is 9.43. The van der Waals surface area contributed by atoms with Crippen LogP contribution in [0.3, 0.4) is 0 Å². The smallest absolute Gasteiger partial charge is 0.356 e. The lowest BCUT2D eigenvalue weighted by Crippen LogP contribution is -2.27. The van der Waals surface area contributed by atoms with Crippen LogP contribution >= 0.6 is 22.9 Å². The van der Waals surface area contributed by atoms with Crippen molar-refractivity contribution in [2.24, 2.45) is 0 Å². The molecule has 21 heavy (non-hydrogen) atoms. The molecule has 0 unspecified atom stereocenters. The highest BCUT2D eigenvalue weighted by molar-refractivity contribution is 7.91. The van der Waals surface area contributed by atoms with Crippen LogP contribution in [0, 0.1) is 0 Å². The summed E-state index contributed by atoms with van der Waals surface area (Å²) in [6.45, 7) is 1.64. The summed E-state index contributed by atoms with van der Waals surface area (Å²) in [6, 6.07) is 6.19. The van der Waals surface area contributed by atoms with Crippen LogP contribution in [-0.4, -0.2) is 24.5 Å². The molecule has 0 aliphatic carbocycles. The summed E-state index contributed by atoms with van der Waals surface area (Å²) in [7, 11) is -3.97. The van der Waals surface area contributed by atoms with Crippen LogP contribution in [0.2, 0.25) is 5.02 Å². The summed E-state index contributed by atoms with van der Waals surface area (Å²) >= 11 is 6.62. The number of aromatic carboxylic acids is 1. The number of nitrogens with one attached hydrogen (secondary N) is 1. The van der Waals surface area contributed by atoms with Gasteiger partial charge in [0.05, 0.1) is 5.51 Å². The number of aromatic nitrogens is 1. The average Bonchev–Trinajstić information content (AvgIpc) is 2.88. The third kappa shape index (κ3) is 3.59. The van der Waals surface area contributed by atoms with Crippen LogP contribution in [0.5, 0.6) is 0 Å². The van der Waals surface area contributed by atoms with E-state index in [4.69, 9.17) is 16.7 Å². The van der Waals surface area contributed by atoms with Gasteiger partial charge in [0.1, 0.15) is 0 Å². The van der Waals surface area contributed by atoms with Gasteiger partial charge in [-0.2, -0.15) is 0 Å². The Hall–Kier alpha value is -1.48. The van der Waals surface area contributed by atoms with Crippen molar-refractivity contribution in [3.8, 4) is 0 Å². The lowest BCUT2D eigenvalue weighted by Gasteiger charge is -2.14. The number of sulfonamides is 1. The number of thiazole rings is 1. The molecule has 0 aliphatic rings. The van der Waals surface area contributed by atoms with Crippen LogP contribution in [0.25, 0.3) is 0 Å². The highest BCUT2D eigenvalue weighted by Crippen LogP contribution is 2.24. The van der Waals surface area contributed by atoms with Crippen molar-refractivity contribution in [2.75, 3.05) is 0 Å². The van der Waals surface area contributed by atoms with Gasteiger partial charge in [-0.05, 0) is 24.6 Å². The van der Waals surface area contributed by atoms with Gasteiger partial charge in [0, 0.05) is 11.1 Å². The van der Waals surface area contributed by atoms with E-state index in [2.05, 4.69) is 9.71 Å². The van der Waals surface area contributed by atoms with Gasteiger partial charge in [-0.15, -0.1) is 11.3 Å². The summed E-state index contributed by atoms with van der Waals surface area (Å²) in [5.41, 5.74) is 1.38. The number of hydrogen-bond donors (Lipinski definition) is 2. The Morgan fingerprint density at radius 1 is 1.48 bits per heavy atom. The van der Waals surface area contributed by atoms with Crippen molar-refractivity contribution in [2.45, 2.75) is 17.2 Å². The van der Waals surface area contributed by atoms with Gasteiger partial charge in [-0.25, -0.2) is 22.9 Å². The predicted octanol–water partition coefficient (Wildman–Crippen LogP) is 2.53. The first-order valence-electron chi connectivity index (χ1n) is 5.76. The second-order valence-corrected chi connectivity index (χ2v) is 7.39. The topological polar surface area (TPSA) is 96.4 Å². The van der Waals surface area contributed by atoms with Crippen molar-refractivity contribution < 1.29 is 18.3 Å². The van der Waals surface area contributed by atoms with Crippen molar-refractivity contribution in [1.82, 2.24) is 9.71 Å². The molecule has 9 heteroatoms. The van der Waals surface area contributed by atoms with Gasteiger partial charge in [0.25, 0.3) is 10.0 Å². The number of benzene rings is 1. The number of carboxylic acid groups (broad SMARTS) is 1. The summed E-state index contributed by atoms with van der Waals surface area (Å²) in [4.78, 5) is 14.5. The Bertz CT molecular complexity index is 773. The second-order valence-electron chi connectivity index (χ2n) is 4.19. The van der Waals surface area contributed by atoms with Crippen molar-refractivity contribution in [3.05, 3.63) is 46.1 Å². The van der Waals surface area contributed by atoms with E-state index in [1.165, 1.54) is 5.51 Å². The molecule has 112 valence electrons. The molecule has 0 bridgehead atoms. The number of rotatable bonds is 5. The molecule has 0 radical (unpaired) electrons. The van der Waals surface area contributed by atoms with E-state index in [0.29, 0.717) is 10.6 Å². The fourth-order valence-corrected chi connectivity index (χ4v) is 4.29. The monoisotopic (exact) mass is 346 g/mol. The molecule has 0 saturated carbocycles. The Labute approximate surface area is 130 Å². The van der Waals surface area contributed by atoms with Gasteiger partial charge in [0.15, 0.2) is 9.90 Å². The molecule has 2 N–H and O–H groups in total. The van der Waals surface area contributed by atoms with Crippen molar-refractivity contribution in [3.63, 3.8) is 0 Å². The minimum atomic E-state index is -3.97. The first-order valence-corrected chi connectivity index (χ1v) is 8.50. The van der Waals surface area contributed by atoms with Gasteiger partial charge in [-0.1, -0.05) is 23.7 Å². The zero-order chi connectivity index (χ0) is 15.6. The normalized spacial score (nSPS) is 13.0. The van der Waals surface area contributed by atoms with Crippen LogP contribution < -0.4 is 4.72 Å². The average molecular weight is 347 g/mol. The molecule has 2 aromatic rings. The highest BCUT2D eigenvalue weighted by Gasteiger charge is 2.27. The molecule has 1 aromatic heterocycles. The van der Waals surface area contributed by atoms with Crippen molar-refractivity contribution >= 4 is 38.9 Å². The maximum Gasteiger partial charge on any atom is 0.356 e. The Morgan fingerprint density at radius 2 is 2.19 bits per heavy atom. The zero-order valence-electron chi connectivity index (χ0n) is 10.8. The van der Waals surface area contributed by atoms with Crippen LogP contribution in [0.4, 0.5) is 0 Å². The van der Waals surface area contributed by atoms with E-state index in [9.17, 15) is 13.2 Å². The zero-order valence-corrected chi connectivity index (χ0v) is 13.2. The number of carboxylic acids is 1. The molecule has 0 amide bonds. The molecule has 1 heterocycles. The standard InChI is InChI=1S/C12H11ClN2O4S2/c1-7(8-3-2-4-9(13)5-8)15-21(18,19)12-10(11(16)17)14-6-20-12/h2-7,15H,1H3,(H,16,17)/t7-/m0/s1. The summed E-state index contributed by atoms with van der Waals surface area (Å²) in [6.07, 6.45) is 0. The van der Waals surface area contributed by atoms with Gasteiger partial charge in [0.2, 0.25) is 0 Å². The molecule has 0 aliphatic heterocycles. The fraction of sp³-hybridized carbons (Fsp3) is 0.167. The maximum atomic E-state index is 12.3. The largest absolute Gasteiger partial charge is 0.476 e. The SMILES string of the molecule is C[C@H](NS(=O)(=O)c1scnc1C(=O)O)c1cccc(Cl)c1. The Morgan fingerprint density at radius 3 is 2.81 bits per heavy atom. The molecule has 0 fully saturated rings. The van der Waals surface area contributed by atoms with E-state index in [-0.39, 0.29) is 4.21 Å². The van der Waals surface area contributed by atoms with E-state index in [1.807, 2.05) is 0 Å². The third-order valence-corrected chi connectivity index (χ3v) is 5.81. The number of halogens is 1. The van der Waals surface area contributed by atoms with Gasteiger partial charge < -0.3 is 5.11 Å². The van der Waals surface area contributed by atoms with Crippen LogP contribution in [0.1, 0.15) is 29.0 Å². The van der Waals surface area contributed by atoms with Gasteiger partial charge in [-0.3, -0.25) is 0 Å². The van der Waals surface area contributed by atoms with E-state index in [0.717, 1.165) is 11.3 Å². The van der Waals surface area contributed by atoms with E-state index in [1.54, 1.807) is 31.2 Å². The number of carbonyl (C=O) groups is 1. The van der Waals surface area contributed by atoms with E-state index < -0.39 is 27.7 Å². The summed E-state index contributed by atoms with van der Waals surface area (Å²) < 4.78 is 26.6. The molecule has 0 saturated heterocycles. The van der Waals surface area contributed by atoms with Gasteiger partial charge >= 0.3 is 5.97 Å². The molecule has 1 aromatic carbocycles. The molecule has 2 rings (SSSR count). The quantitative estimate of drug-likeness (QED) is 0.867. The number of hydrogen-bond acceptors (Lipinski definition) is 5. The fourth-order valence-electron chi connectivity index (χ4n) is 1.70. The lowest BCUT2D eigenvalue weighted by atomic mass is 10.1. The highest BCUT2D eigenvalue weighted by atomic mass is 35.5. The van der Waals surface area contributed by atoms with Crippen LogP contribution in [-0.2, 0) is 10.0 Å². The Kier molecular flexibility index (Phi) is 4.62. The lowest BCUT2D eigenvalue weighted by molar-refractivity contribution is 0.0687. The molecule has 1 atom stereocenters.